The minimum atomic E-state index is -0.927. The minimum absolute atomic E-state index is 0.0476. The van der Waals surface area contributed by atoms with E-state index in [-0.39, 0.29) is 43.3 Å². The normalized spacial score (nSPS) is 17.3. The summed E-state index contributed by atoms with van der Waals surface area (Å²) in [6.45, 7) is 19.5. The predicted octanol–water partition coefficient (Wildman–Crippen LogP) is 10.2. The van der Waals surface area contributed by atoms with Gasteiger partial charge in [0.15, 0.2) is 0 Å². The van der Waals surface area contributed by atoms with Crippen molar-refractivity contribution in [2.24, 2.45) is 11.3 Å². The molecule has 0 radical (unpaired) electrons. The van der Waals surface area contributed by atoms with Crippen LogP contribution >= 0.6 is 27.3 Å². The summed E-state index contributed by atoms with van der Waals surface area (Å²) in [5.41, 5.74) is 11.4. The van der Waals surface area contributed by atoms with Gasteiger partial charge in [-0.2, -0.15) is 0 Å². The molecule has 2 fully saturated rings. The largest absolute Gasteiger partial charge is 0.461 e. The van der Waals surface area contributed by atoms with E-state index in [2.05, 4.69) is 94.8 Å². The molecule has 6 aromatic rings. The standard InChI is InChI=1S/C56H68BrN9O6S/c1-34-12-13-43(51-36(3)62-72-38(51)5)27-48(34)65(44-18-19-47(46(57)28-44)64-26-22-58-32-64)23-10-11-40-20-24-63(25-21-40)31-50(68)61-53(56(7,8)9)55(70)66-30-45(71-39(6)67)29-49(66)54(69)60-35(2)41-14-16-42(17-15-41)52-37(4)59-33-73-52/h12-19,22,26-28,32-33,35,40,45,49,53H,10-11,20-21,23-25,29-31H2,1-9H3,(H,60,69)(H,61,68)/t35-,45+,49-,53+/m0/s1. The van der Waals surface area contributed by atoms with Crippen LogP contribution in [0.15, 0.2) is 93.9 Å². The zero-order valence-electron chi connectivity index (χ0n) is 43.4. The summed E-state index contributed by atoms with van der Waals surface area (Å²) in [6, 6.07) is 18.8. The molecule has 2 N–H and O–H groups in total. The van der Waals surface area contributed by atoms with Gasteiger partial charge in [0.05, 0.1) is 52.9 Å². The quantitative estimate of drug-likeness (QED) is 0.0835. The molecule has 0 saturated carbocycles. The number of thiazole rings is 1. The number of halogens is 1. The monoisotopic (exact) mass is 1070 g/mol. The van der Waals surface area contributed by atoms with Crippen molar-refractivity contribution in [3.63, 3.8) is 0 Å². The summed E-state index contributed by atoms with van der Waals surface area (Å²) in [7, 11) is 0. The van der Waals surface area contributed by atoms with Crippen LogP contribution in [0.25, 0.3) is 27.3 Å². The van der Waals surface area contributed by atoms with E-state index < -0.39 is 29.6 Å². The van der Waals surface area contributed by atoms with Gasteiger partial charge in [-0.05, 0) is 147 Å². The number of esters is 1. The van der Waals surface area contributed by atoms with Crippen molar-refractivity contribution in [3.8, 4) is 27.3 Å². The lowest BCUT2D eigenvalue weighted by molar-refractivity contribution is -0.147. The first kappa shape index (κ1) is 53.1. The maximum atomic E-state index is 14.6. The van der Waals surface area contributed by atoms with Gasteiger partial charge in [-0.1, -0.05) is 62.3 Å². The Balaban J connectivity index is 0.883. The Bertz CT molecular complexity index is 2880. The Kier molecular flexibility index (Phi) is 16.7. The van der Waals surface area contributed by atoms with Gasteiger partial charge in [0.2, 0.25) is 17.7 Å². The maximum absolute atomic E-state index is 14.6. The van der Waals surface area contributed by atoms with E-state index >= 15 is 0 Å². The number of carbonyl (C=O) groups excluding carboxylic acids is 4. The van der Waals surface area contributed by atoms with E-state index in [9.17, 15) is 19.2 Å². The van der Waals surface area contributed by atoms with Crippen LogP contribution in [0.4, 0.5) is 11.4 Å². The van der Waals surface area contributed by atoms with Crippen molar-refractivity contribution >= 4 is 62.3 Å². The smallest absolute Gasteiger partial charge is 0.302 e. The lowest BCUT2D eigenvalue weighted by atomic mass is 9.85. The van der Waals surface area contributed by atoms with Crippen LogP contribution in [-0.2, 0) is 23.9 Å². The lowest BCUT2D eigenvalue weighted by Crippen LogP contribution is -2.59. The molecule has 0 spiro atoms. The van der Waals surface area contributed by atoms with Gasteiger partial charge in [0.25, 0.3) is 0 Å². The Hall–Kier alpha value is -6.17. The van der Waals surface area contributed by atoms with Crippen molar-refractivity contribution in [1.82, 2.24) is 40.1 Å². The summed E-state index contributed by atoms with van der Waals surface area (Å²) in [6.07, 6.45) is 8.90. The number of carbonyl (C=O) groups is 4. The number of hydrogen-bond donors (Lipinski definition) is 2. The molecule has 4 atom stereocenters. The first-order valence-electron chi connectivity index (χ1n) is 25.2. The number of imidazole rings is 1. The number of nitrogens with one attached hydrogen (secondary N) is 2. The average Bonchev–Trinajstić information content (AvgIpc) is 4.19. The van der Waals surface area contributed by atoms with Crippen LogP contribution < -0.4 is 15.5 Å². The molecule has 386 valence electrons. The van der Waals surface area contributed by atoms with Gasteiger partial charge < -0.3 is 34.3 Å². The molecular formula is C56H68BrN9O6S. The molecule has 2 saturated heterocycles. The van der Waals surface area contributed by atoms with Gasteiger partial charge in [0.1, 0.15) is 23.9 Å². The van der Waals surface area contributed by atoms with Crippen molar-refractivity contribution in [1.29, 1.82) is 0 Å². The van der Waals surface area contributed by atoms with E-state index in [1.54, 1.807) is 23.9 Å². The fourth-order valence-corrected chi connectivity index (χ4v) is 11.7. The number of aromatic nitrogens is 4. The number of amides is 3. The minimum Gasteiger partial charge on any atom is -0.461 e. The SMILES string of the molecule is CC(=O)O[C@@H]1C[C@@H](C(=O)N[C@@H](C)c2ccc(-c3scnc3C)cc2)N(C(=O)[C@@H](NC(=O)CN2CCC(CCCN(c3ccc(-n4ccnc4)c(Br)c3)c3cc(-c4c(C)noc4C)ccc3C)CC2)C(C)(C)C)C1. The summed E-state index contributed by atoms with van der Waals surface area (Å²) in [4.78, 5) is 70.5. The number of aryl methyl sites for hydroxylation is 4. The number of hydrogen-bond acceptors (Lipinski definition) is 12. The molecule has 0 bridgehead atoms. The molecular weight excluding hydrogens is 1010 g/mol. The summed E-state index contributed by atoms with van der Waals surface area (Å²) in [5, 5.41) is 10.4. The highest BCUT2D eigenvalue weighted by Crippen LogP contribution is 2.38. The van der Waals surface area contributed by atoms with Crippen molar-refractivity contribution in [2.45, 2.75) is 119 Å². The van der Waals surface area contributed by atoms with Crippen LogP contribution in [0.2, 0.25) is 0 Å². The summed E-state index contributed by atoms with van der Waals surface area (Å²) < 4.78 is 14.1. The van der Waals surface area contributed by atoms with Crippen molar-refractivity contribution < 1.29 is 28.4 Å². The maximum Gasteiger partial charge on any atom is 0.302 e. The topological polar surface area (TPSA) is 168 Å². The third-order valence-corrected chi connectivity index (χ3v) is 15.9. The summed E-state index contributed by atoms with van der Waals surface area (Å²) in [5.74, 6) is -0.178. The molecule has 3 amide bonds. The molecule has 73 heavy (non-hydrogen) atoms. The van der Waals surface area contributed by atoms with E-state index in [0.29, 0.717) is 5.92 Å². The van der Waals surface area contributed by atoms with Crippen LogP contribution in [0, 0.1) is 39.0 Å². The third-order valence-electron chi connectivity index (χ3n) is 14.3. The van der Waals surface area contributed by atoms with E-state index in [4.69, 9.17) is 9.26 Å². The lowest BCUT2D eigenvalue weighted by Gasteiger charge is -2.36. The van der Waals surface area contributed by atoms with Crippen molar-refractivity contribution in [3.05, 3.63) is 118 Å². The molecule has 3 aromatic carbocycles. The van der Waals surface area contributed by atoms with E-state index in [0.717, 1.165) is 117 Å². The molecule has 15 nitrogen and oxygen atoms in total. The Morgan fingerprint density at radius 2 is 1.70 bits per heavy atom. The molecule has 5 heterocycles. The van der Waals surface area contributed by atoms with Crippen molar-refractivity contribution in [2.75, 3.05) is 37.6 Å². The molecule has 0 unspecified atom stereocenters. The van der Waals surface area contributed by atoms with Crippen LogP contribution in [0.3, 0.4) is 0 Å². The highest BCUT2D eigenvalue weighted by Gasteiger charge is 2.46. The number of nitrogens with zero attached hydrogens (tertiary/aromatic N) is 7. The average molecular weight is 1080 g/mol. The second-order valence-corrected chi connectivity index (χ2v) is 22.5. The molecule has 17 heteroatoms. The highest BCUT2D eigenvalue weighted by molar-refractivity contribution is 9.10. The zero-order valence-corrected chi connectivity index (χ0v) is 45.8. The second kappa shape index (κ2) is 22.9. The van der Waals surface area contributed by atoms with Gasteiger partial charge in [-0.3, -0.25) is 24.1 Å². The Morgan fingerprint density at radius 3 is 2.33 bits per heavy atom. The van der Waals surface area contributed by atoms with Gasteiger partial charge in [0, 0.05) is 53.7 Å². The molecule has 2 aliphatic rings. The predicted molar refractivity (Wildman–Crippen MR) is 289 cm³/mol. The number of benzene rings is 3. The highest BCUT2D eigenvalue weighted by atomic mass is 79.9. The van der Waals surface area contributed by atoms with Crippen LogP contribution in [0.1, 0.15) is 101 Å². The molecule has 8 rings (SSSR count). The number of rotatable bonds is 17. The zero-order chi connectivity index (χ0) is 52.1. The Labute approximate surface area is 441 Å². The second-order valence-electron chi connectivity index (χ2n) is 20.8. The van der Waals surface area contributed by atoms with E-state index in [1.165, 1.54) is 11.8 Å². The fourth-order valence-electron chi connectivity index (χ4n) is 10.3. The first-order chi connectivity index (χ1) is 34.8. The van der Waals surface area contributed by atoms with E-state index in [1.807, 2.05) is 89.0 Å². The van der Waals surface area contributed by atoms with Gasteiger partial charge in [-0.15, -0.1) is 11.3 Å². The number of anilines is 2. The number of ether oxygens (including phenoxy) is 1. The van der Waals surface area contributed by atoms with Gasteiger partial charge in [-0.25, -0.2) is 9.97 Å². The summed E-state index contributed by atoms with van der Waals surface area (Å²) >= 11 is 5.43. The number of piperidine rings is 1. The number of likely N-dealkylation sites (tertiary alicyclic amines) is 2. The molecule has 3 aromatic heterocycles. The van der Waals surface area contributed by atoms with Gasteiger partial charge >= 0.3 is 5.97 Å². The Morgan fingerprint density at radius 1 is 0.959 bits per heavy atom. The van der Waals surface area contributed by atoms with Crippen LogP contribution in [0.5, 0.6) is 0 Å². The fraction of sp³-hybridized carbons (Fsp3) is 0.446. The first-order valence-corrected chi connectivity index (χ1v) is 26.9. The molecule has 0 aliphatic carbocycles. The van der Waals surface area contributed by atoms with Crippen LogP contribution in [-0.4, -0.2) is 104 Å². The third kappa shape index (κ3) is 12.6. The molecule has 2 aliphatic heterocycles.